The molecule has 1 aromatic rings. The van der Waals surface area contributed by atoms with E-state index in [0.717, 1.165) is 0 Å². The maximum absolute atomic E-state index is 12.1. The van der Waals surface area contributed by atoms with Crippen LogP contribution in [0.1, 0.15) is 12.8 Å². The Morgan fingerprint density at radius 2 is 2.06 bits per heavy atom. The Labute approximate surface area is 97.0 Å². The number of benzene rings is 1. The summed E-state index contributed by atoms with van der Waals surface area (Å²) in [6, 6.07) is 4.27. The van der Waals surface area contributed by atoms with Crippen molar-refractivity contribution < 1.29 is 23.0 Å². The molecule has 96 valence electrons. The van der Waals surface area contributed by atoms with Crippen molar-refractivity contribution in [2.24, 2.45) is 5.73 Å². The van der Waals surface area contributed by atoms with Gasteiger partial charge in [0.1, 0.15) is 17.5 Å². The summed E-state index contributed by atoms with van der Waals surface area (Å²) in [7, 11) is 0. The lowest BCUT2D eigenvalue weighted by atomic mass is 10.2. The van der Waals surface area contributed by atoms with Crippen LogP contribution in [0.5, 0.6) is 11.5 Å². The molecule has 1 aromatic carbocycles. The zero-order valence-corrected chi connectivity index (χ0v) is 9.07. The van der Waals surface area contributed by atoms with Crippen LogP contribution < -0.4 is 10.5 Å². The number of phenolic OH excluding ortho intramolecular Hbond substituents is 1. The summed E-state index contributed by atoms with van der Waals surface area (Å²) in [5.74, 6) is 0.472. The third-order valence-electron chi connectivity index (χ3n) is 2.17. The lowest BCUT2D eigenvalue weighted by Crippen LogP contribution is -2.37. The molecular formula is C11H14F3NO2. The number of halogens is 3. The topological polar surface area (TPSA) is 55.5 Å². The SMILES string of the molecule is N[C@@H](CCCOc1cccc(O)c1)C(F)(F)F. The molecule has 1 rings (SSSR count). The smallest absolute Gasteiger partial charge is 0.403 e. The first-order chi connectivity index (χ1) is 7.89. The standard InChI is InChI=1S/C11H14F3NO2/c12-11(13,14)10(15)5-2-6-17-9-4-1-3-8(16)7-9/h1,3-4,7,10,16H,2,5-6,15H2/t10-/m0/s1. The Balaban J connectivity index is 2.25. The van der Waals surface area contributed by atoms with Crippen molar-refractivity contribution in [3.8, 4) is 11.5 Å². The predicted octanol–water partition coefficient (Wildman–Crippen LogP) is 2.44. The van der Waals surface area contributed by atoms with Crippen LogP contribution in [0.3, 0.4) is 0 Å². The first-order valence-electron chi connectivity index (χ1n) is 5.13. The van der Waals surface area contributed by atoms with Gasteiger partial charge >= 0.3 is 6.18 Å². The maximum atomic E-state index is 12.1. The minimum Gasteiger partial charge on any atom is -0.508 e. The van der Waals surface area contributed by atoms with E-state index in [1.54, 1.807) is 12.1 Å². The van der Waals surface area contributed by atoms with E-state index in [1.807, 2.05) is 0 Å². The summed E-state index contributed by atoms with van der Waals surface area (Å²) in [5.41, 5.74) is 4.93. The van der Waals surface area contributed by atoms with Crippen LogP contribution in [-0.2, 0) is 0 Å². The van der Waals surface area contributed by atoms with E-state index in [-0.39, 0.29) is 25.2 Å². The van der Waals surface area contributed by atoms with Gasteiger partial charge in [0.05, 0.1) is 6.61 Å². The number of alkyl halides is 3. The van der Waals surface area contributed by atoms with Crippen molar-refractivity contribution in [3.05, 3.63) is 24.3 Å². The number of hydrogen-bond acceptors (Lipinski definition) is 3. The van der Waals surface area contributed by atoms with E-state index in [1.165, 1.54) is 12.1 Å². The molecule has 0 saturated carbocycles. The molecule has 0 unspecified atom stereocenters. The van der Waals surface area contributed by atoms with Gasteiger partial charge in [-0.15, -0.1) is 0 Å². The Hall–Kier alpha value is -1.43. The quantitative estimate of drug-likeness (QED) is 0.788. The molecular weight excluding hydrogens is 235 g/mol. The maximum Gasteiger partial charge on any atom is 0.403 e. The van der Waals surface area contributed by atoms with E-state index in [4.69, 9.17) is 15.6 Å². The van der Waals surface area contributed by atoms with Crippen molar-refractivity contribution in [3.63, 3.8) is 0 Å². The third-order valence-corrected chi connectivity index (χ3v) is 2.17. The van der Waals surface area contributed by atoms with Gasteiger partial charge in [-0.2, -0.15) is 13.2 Å². The van der Waals surface area contributed by atoms with Gasteiger partial charge in [-0.1, -0.05) is 6.07 Å². The fraction of sp³-hybridized carbons (Fsp3) is 0.455. The Kier molecular flexibility index (Phi) is 4.62. The summed E-state index contributed by atoms with van der Waals surface area (Å²) >= 11 is 0. The molecule has 3 N–H and O–H groups in total. The van der Waals surface area contributed by atoms with E-state index in [2.05, 4.69) is 0 Å². The third kappa shape index (κ3) is 4.95. The molecule has 0 saturated heterocycles. The fourth-order valence-corrected chi connectivity index (χ4v) is 1.23. The Morgan fingerprint density at radius 1 is 1.35 bits per heavy atom. The normalized spacial score (nSPS) is 13.4. The molecule has 0 aliphatic rings. The molecule has 0 fully saturated rings. The summed E-state index contributed by atoms with van der Waals surface area (Å²) in [6.07, 6.45) is -4.33. The monoisotopic (exact) mass is 249 g/mol. The van der Waals surface area contributed by atoms with Crippen LogP contribution in [-0.4, -0.2) is 23.9 Å². The van der Waals surface area contributed by atoms with E-state index in [9.17, 15) is 13.2 Å². The summed E-state index contributed by atoms with van der Waals surface area (Å²) in [5, 5.41) is 9.12. The minimum atomic E-state index is -4.36. The van der Waals surface area contributed by atoms with Crippen molar-refractivity contribution >= 4 is 0 Å². The highest BCUT2D eigenvalue weighted by Crippen LogP contribution is 2.22. The zero-order valence-electron chi connectivity index (χ0n) is 9.07. The lowest BCUT2D eigenvalue weighted by Gasteiger charge is -2.15. The van der Waals surface area contributed by atoms with E-state index < -0.39 is 12.2 Å². The highest BCUT2D eigenvalue weighted by atomic mass is 19.4. The second-order valence-electron chi connectivity index (χ2n) is 3.64. The second kappa shape index (κ2) is 5.77. The summed E-state index contributed by atoms with van der Waals surface area (Å²) in [6.45, 7) is 0.132. The van der Waals surface area contributed by atoms with Gasteiger partial charge in [0.2, 0.25) is 0 Å². The lowest BCUT2D eigenvalue weighted by molar-refractivity contribution is -0.149. The van der Waals surface area contributed by atoms with Crippen molar-refractivity contribution in [1.82, 2.24) is 0 Å². The van der Waals surface area contributed by atoms with Crippen molar-refractivity contribution in [2.75, 3.05) is 6.61 Å². The van der Waals surface area contributed by atoms with Crippen LogP contribution in [0, 0.1) is 0 Å². The largest absolute Gasteiger partial charge is 0.508 e. The second-order valence-corrected chi connectivity index (χ2v) is 3.64. The zero-order chi connectivity index (χ0) is 12.9. The highest BCUT2D eigenvalue weighted by molar-refractivity contribution is 5.31. The molecule has 0 aliphatic heterocycles. The van der Waals surface area contributed by atoms with Gasteiger partial charge in [0.15, 0.2) is 0 Å². The molecule has 0 aliphatic carbocycles. The fourth-order valence-electron chi connectivity index (χ4n) is 1.23. The van der Waals surface area contributed by atoms with Crippen LogP contribution in [0.2, 0.25) is 0 Å². The average Bonchev–Trinajstić information content (AvgIpc) is 2.23. The highest BCUT2D eigenvalue weighted by Gasteiger charge is 2.35. The molecule has 0 spiro atoms. The average molecular weight is 249 g/mol. The molecule has 1 atom stereocenters. The molecule has 0 heterocycles. The van der Waals surface area contributed by atoms with Gasteiger partial charge in [0, 0.05) is 6.07 Å². The van der Waals surface area contributed by atoms with Crippen molar-refractivity contribution in [2.45, 2.75) is 25.1 Å². The number of phenols is 1. The van der Waals surface area contributed by atoms with Crippen LogP contribution >= 0.6 is 0 Å². The van der Waals surface area contributed by atoms with Crippen LogP contribution in [0.15, 0.2) is 24.3 Å². The first kappa shape index (κ1) is 13.6. The number of rotatable bonds is 5. The van der Waals surface area contributed by atoms with Gasteiger partial charge in [-0.3, -0.25) is 0 Å². The summed E-state index contributed by atoms with van der Waals surface area (Å²) in [4.78, 5) is 0. The van der Waals surface area contributed by atoms with Gasteiger partial charge < -0.3 is 15.6 Å². The molecule has 0 aromatic heterocycles. The van der Waals surface area contributed by atoms with Crippen LogP contribution in [0.4, 0.5) is 13.2 Å². The van der Waals surface area contributed by atoms with Gasteiger partial charge in [0.25, 0.3) is 0 Å². The number of hydrogen-bond donors (Lipinski definition) is 2. The van der Waals surface area contributed by atoms with Gasteiger partial charge in [-0.25, -0.2) is 0 Å². The predicted molar refractivity (Wildman–Crippen MR) is 56.9 cm³/mol. The van der Waals surface area contributed by atoms with E-state index in [0.29, 0.717) is 5.75 Å². The molecule has 0 radical (unpaired) electrons. The number of aromatic hydroxyl groups is 1. The van der Waals surface area contributed by atoms with Gasteiger partial charge in [-0.05, 0) is 25.0 Å². The number of nitrogens with two attached hydrogens (primary N) is 1. The molecule has 3 nitrogen and oxygen atoms in total. The van der Waals surface area contributed by atoms with Crippen LogP contribution in [0.25, 0.3) is 0 Å². The minimum absolute atomic E-state index is 0.0505. The Morgan fingerprint density at radius 3 is 2.65 bits per heavy atom. The Bertz CT molecular complexity index is 355. The molecule has 0 amide bonds. The van der Waals surface area contributed by atoms with Crippen molar-refractivity contribution in [1.29, 1.82) is 0 Å². The molecule has 0 bridgehead atoms. The van der Waals surface area contributed by atoms with E-state index >= 15 is 0 Å². The molecule has 6 heteroatoms. The first-order valence-corrected chi connectivity index (χ1v) is 5.13. The summed E-state index contributed by atoms with van der Waals surface area (Å²) < 4.78 is 41.3. The number of ether oxygens (including phenoxy) is 1. The molecule has 17 heavy (non-hydrogen) atoms.